The molecule has 0 aromatic rings. The molecule has 0 saturated heterocycles. The van der Waals surface area contributed by atoms with Crippen LogP contribution in [0.15, 0.2) is 0 Å². The smallest absolute Gasteiger partial charge is 0.100 e. The zero-order chi connectivity index (χ0) is 19.1. The van der Waals surface area contributed by atoms with Gasteiger partial charge in [-0.2, -0.15) is 0 Å². The monoisotopic (exact) mass is 378 g/mol. The number of hydrogen-bond acceptors (Lipinski definition) is 6. The van der Waals surface area contributed by atoms with Crippen molar-refractivity contribution in [3.05, 3.63) is 0 Å². The summed E-state index contributed by atoms with van der Waals surface area (Å²) < 4.78 is 34.2. The molecule has 0 aliphatic heterocycles. The fourth-order valence-corrected chi connectivity index (χ4v) is 3.97. The van der Waals surface area contributed by atoms with Crippen LogP contribution in [0.3, 0.4) is 0 Å². The number of hydrogen-bond donors (Lipinski definition) is 1. The number of carbonyl (C=O) groups excluding carboxylic acids is 1. The molecule has 2 unspecified atom stereocenters. The lowest BCUT2D eigenvalue weighted by atomic mass is 10.0. The minimum Gasteiger partial charge on any atom is -0.748 e. The first-order valence-electron chi connectivity index (χ1n) is 9.61. The van der Waals surface area contributed by atoms with E-state index in [-0.39, 0.29) is 12.8 Å². The molecule has 0 aliphatic rings. The second-order valence-corrected chi connectivity index (χ2v) is 8.42. The highest BCUT2D eigenvalue weighted by Gasteiger charge is 2.24. The summed E-state index contributed by atoms with van der Waals surface area (Å²) in [6.07, 6.45) is 9.05. The number of unbranched alkanes of at least 4 members (excludes halogenated alkanes) is 9. The minimum atomic E-state index is -4.51. The largest absolute Gasteiger partial charge is 0.748 e. The summed E-state index contributed by atoms with van der Waals surface area (Å²) in [6.45, 7) is 2.14. The lowest BCUT2D eigenvalue weighted by Crippen LogP contribution is -2.34. The van der Waals surface area contributed by atoms with Crippen LogP contribution in [0.1, 0.15) is 96.8 Å². The van der Waals surface area contributed by atoms with Gasteiger partial charge in [-0.05, 0) is 25.7 Å². The van der Waals surface area contributed by atoms with Crippen molar-refractivity contribution in [2.45, 2.75) is 108 Å². The van der Waals surface area contributed by atoms with Crippen molar-refractivity contribution >= 4 is 16.1 Å². The van der Waals surface area contributed by atoms with Gasteiger partial charge in [0.15, 0.2) is 0 Å². The van der Waals surface area contributed by atoms with E-state index >= 15 is 0 Å². The maximum absolute atomic E-state index is 11.4. The Bertz CT molecular complexity index is 435. The summed E-state index contributed by atoms with van der Waals surface area (Å²) >= 11 is 0. The van der Waals surface area contributed by atoms with Crippen LogP contribution >= 0.6 is 0 Å². The van der Waals surface area contributed by atoms with Gasteiger partial charge in [-0.15, -0.1) is 0 Å². The topological polar surface area (TPSA) is 118 Å². The fraction of sp³-hybridized carbons (Fsp3) is 0.944. The standard InChI is InChI=1S/C18H36O6S/c1-2-3-4-5-7-10-13-16(19)17(25(22,23)24)14-11-8-6-9-12-15-18(20)21/h16-17,19H,2-15H2,1H3,(H,20,21)(H,22,23,24)/p-2. The number of carbonyl (C=O) groups is 1. The van der Waals surface area contributed by atoms with Gasteiger partial charge in [0.1, 0.15) is 10.1 Å². The molecule has 0 aromatic heterocycles. The number of aliphatic hydroxyl groups is 1. The average Bonchev–Trinajstić information content (AvgIpc) is 2.51. The summed E-state index contributed by atoms with van der Waals surface area (Å²) in [5.74, 6) is -1.06. The summed E-state index contributed by atoms with van der Waals surface area (Å²) in [5, 5.41) is 19.1. The van der Waals surface area contributed by atoms with Gasteiger partial charge in [-0.3, -0.25) is 0 Å². The van der Waals surface area contributed by atoms with Crippen LogP contribution < -0.4 is 5.11 Å². The number of rotatable bonds is 17. The van der Waals surface area contributed by atoms with Crippen molar-refractivity contribution < 1.29 is 28.0 Å². The molecule has 0 spiro atoms. The third-order valence-corrected chi connectivity index (χ3v) is 5.81. The molecule has 1 N–H and O–H groups in total. The lowest BCUT2D eigenvalue weighted by Gasteiger charge is -2.25. The molecule has 0 saturated carbocycles. The Morgan fingerprint density at radius 1 is 0.880 bits per heavy atom. The van der Waals surface area contributed by atoms with Crippen molar-refractivity contribution in [2.24, 2.45) is 0 Å². The number of aliphatic hydroxyl groups excluding tert-OH is 1. The van der Waals surface area contributed by atoms with Gasteiger partial charge in [0, 0.05) is 5.97 Å². The number of aliphatic carboxylic acids is 1. The highest BCUT2D eigenvalue weighted by molar-refractivity contribution is 7.86. The van der Waals surface area contributed by atoms with Crippen LogP contribution in [0.5, 0.6) is 0 Å². The van der Waals surface area contributed by atoms with E-state index in [9.17, 15) is 28.0 Å². The quantitative estimate of drug-likeness (QED) is 0.307. The third kappa shape index (κ3) is 14.2. The number of carboxylic acids is 1. The maximum atomic E-state index is 11.4. The van der Waals surface area contributed by atoms with E-state index in [1.54, 1.807) is 0 Å². The van der Waals surface area contributed by atoms with Crippen molar-refractivity contribution in [1.82, 2.24) is 0 Å². The van der Waals surface area contributed by atoms with E-state index < -0.39 is 27.4 Å². The Labute approximate surface area is 152 Å². The van der Waals surface area contributed by atoms with Crippen LogP contribution in [0.4, 0.5) is 0 Å². The summed E-state index contributed by atoms with van der Waals surface area (Å²) in [7, 11) is -4.51. The van der Waals surface area contributed by atoms with Crippen molar-refractivity contribution in [3.8, 4) is 0 Å². The van der Waals surface area contributed by atoms with Crippen LogP contribution in [0.25, 0.3) is 0 Å². The molecule has 7 heteroatoms. The van der Waals surface area contributed by atoms with Crippen molar-refractivity contribution in [2.75, 3.05) is 0 Å². The predicted molar refractivity (Wildman–Crippen MR) is 94.8 cm³/mol. The molecule has 6 nitrogen and oxygen atoms in total. The van der Waals surface area contributed by atoms with Crippen molar-refractivity contribution in [1.29, 1.82) is 0 Å². The average molecular weight is 379 g/mol. The van der Waals surface area contributed by atoms with Crippen molar-refractivity contribution in [3.63, 3.8) is 0 Å². The molecule has 0 fully saturated rings. The molecule has 0 rings (SSSR count). The van der Waals surface area contributed by atoms with E-state index in [0.717, 1.165) is 51.4 Å². The Morgan fingerprint density at radius 3 is 1.88 bits per heavy atom. The Kier molecular flexibility index (Phi) is 14.1. The van der Waals surface area contributed by atoms with E-state index in [1.807, 2.05) is 0 Å². The van der Waals surface area contributed by atoms with Crippen LogP contribution in [0, 0.1) is 0 Å². The molecule has 0 radical (unpaired) electrons. The minimum absolute atomic E-state index is 0.0362. The first-order valence-corrected chi connectivity index (χ1v) is 11.1. The third-order valence-electron chi connectivity index (χ3n) is 4.52. The summed E-state index contributed by atoms with van der Waals surface area (Å²) in [4.78, 5) is 10.3. The molecule has 0 bridgehead atoms. The maximum Gasteiger partial charge on any atom is 0.100 e. The van der Waals surface area contributed by atoms with Gasteiger partial charge >= 0.3 is 0 Å². The highest BCUT2D eigenvalue weighted by Crippen LogP contribution is 2.20. The molecule has 150 valence electrons. The molecular formula is C18H34O6S-2. The van der Waals surface area contributed by atoms with E-state index in [4.69, 9.17) is 0 Å². The zero-order valence-electron chi connectivity index (χ0n) is 15.5. The molecule has 2 atom stereocenters. The summed E-state index contributed by atoms with van der Waals surface area (Å²) in [5.41, 5.74) is 0. The van der Waals surface area contributed by atoms with Crippen LogP contribution in [0.2, 0.25) is 0 Å². The molecule has 0 aromatic carbocycles. The first-order chi connectivity index (χ1) is 11.8. The molecule has 0 aliphatic carbocycles. The van der Waals surface area contributed by atoms with E-state index in [2.05, 4.69) is 6.92 Å². The normalized spacial score (nSPS) is 14.4. The van der Waals surface area contributed by atoms with Gasteiger partial charge in [-0.25, -0.2) is 8.42 Å². The van der Waals surface area contributed by atoms with Crippen LogP contribution in [-0.2, 0) is 14.9 Å². The fourth-order valence-electron chi connectivity index (χ4n) is 2.99. The van der Waals surface area contributed by atoms with Gasteiger partial charge in [0.25, 0.3) is 0 Å². The highest BCUT2D eigenvalue weighted by atomic mass is 32.2. The second-order valence-electron chi connectivity index (χ2n) is 6.83. The second kappa shape index (κ2) is 14.5. The Hall–Kier alpha value is -0.660. The molecule has 25 heavy (non-hydrogen) atoms. The molecular weight excluding hydrogens is 344 g/mol. The van der Waals surface area contributed by atoms with Gasteiger partial charge in [0.2, 0.25) is 0 Å². The number of carboxylic acid groups (broad SMARTS) is 1. The van der Waals surface area contributed by atoms with Gasteiger partial charge in [-0.1, -0.05) is 71.1 Å². The van der Waals surface area contributed by atoms with Gasteiger partial charge < -0.3 is 19.6 Å². The summed E-state index contributed by atoms with van der Waals surface area (Å²) in [6, 6.07) is 0. The van der Waals surface area contributed by atoms with E-state index in [1.165, 1.54) is 6.42 Å². The zero-order valence-corrected chi connectivity index (χ0v) is 16.3. The Balaban J connectivity index is 4.01. The molecule has 0 heterocycles. The predicted octanol–water partition coefficient (Wildman–Crippen LogP) is 2.49. The SMILES string of the molecule is CCCCCCCCC(O)C(CCCCCCCC(=O)[O-])S(=O)(=O)[O-]. The lowest BCUT2D eigenvalue weighted by molar-refractivity contribution is -0.305. The van der Waals surface area contributed by atoms with E-state index in [0.29, 0.717) is 19.3 Å². The first kappa shape index (κ1) is 24.3. The van der Waals surface area contributed by atoms with Crippen LogP contribution in [-0.4, -0.2) is 35.4 Å². The van der Waals surface area contributed by atoms with Gasteiger partial charge in [0.05, 0.1) is 11.4 Å². The molecule has 0 amide bonds. The Morgan fingerprint density at radius 2 is 1.36 bits per heavy atom.